The van der Waals surface area contributed by atoms with E-state index < -0.39 is 50.6 Å². The van der Waals surface area contributed by atoms with Gasteiger partial charge in [-0.2, -0.15) is 4.31 Å². The van der Waals surface area contributed by atoms with Crippen molar-refractivity contribution < 1.29 is 48.6 Å². The standard InChI is InChI=1S/C11H14N2O7S.Li.H/c1-12(7-8(14)6-11(15)16)21(19,20)10-5-3-2-4-9(10)13(17)18;;/h2-5,8,14H,6-7H2,1H3,(H,15,16);;/q;+1;-1. The fourth-order valence-corrected chi connectivity index (χ4v) is 3.02. The van der Waals surface area contributed by atoms with Crippen LogP contribution in [0.15, 0.2) is 29.2 Å². The fraction of sp³-hybridized carbons (Fsp3) is 0.364. The minimum absolute atomic E-state index is 0. The zero-order chi connectivity index (χ0) is 16.2. The Morgan fingerprint density at radius 3 is 2.50 bits per heavy atom. The molecule has 0 aliphatic rings. The third-order valence-corrected chi connectivity index (χ3v) is 4.50. The van der Waals surface area contributed by atoms with Crippen LogP contribution in [0.1, 0.15) is 7.85 Å². The molecule has 0 bridgehead atoms. The molecule has 118 valence electrons. The van der Waals surface area contributed by atoms with Crippen LogP contribution >= 0.6 is 0 Å². The van der Waals surface area contributed by atoms with Gasteiger partial charge in [0.15, 0.2) is 4.90 Å². The number of likely N-dealkylation sites (N-methyl/N-ethyl adjacent to an activating group) is 1. The van der Waals surface area contributed by atoms with Crippen LogP contribution in [0, 0.1) is 10.1 Å². The largest absolute Gasteiger partial charge is 1.00 e. The Balaban J connectivity index is 0. The number of para-hydroxylation sites is 1. The van der Waals surface area contributed by atoms with Gasteiger partial charge in [0.1, 0.15) is 0 Å². The Hall–Kier alpha value is -1.44. The van der Waals surface area contributed by atoms with Gasteiger partial charge in [0.2, 0.25) is 10.0 Å². The molecule has 0 saturated heterocycles. The van der Waals surface area contributed by atoms with Gasteiger partial charge in [-0.25, -0.2) is 8.42 Å². The number of sulfonamides is 1. The number of aliphatic carboxylic acids is 1. The van der Waals surface area contributed by atoms with Gasteiger partial charge >= 0.3 is 24.8 Å². The quantitative estimate of drug-likeness (QED) is 0.313. The first-order valence-corrected chi connectivity index (χ1v) is 7.20. The van der Waals surface area contributed by atoms with Gasteiger partial charge in [-0.05, 0) is 6.07 Å². The molecule has 1 aromatic carbocycles. The summed E-state index contributed by atoms with van der Waals surface area (Å²) in [6.45, 7) is -0.485. The van der Waals surface area contributed by atoms with E-state index in [1.54, 1.807) is 0 Å². The molecule has 0 aliphatic heterocycles. The average Bonchev–Trinajstić information content (AvgIpc) is 2.37. The number of aliphatic hydroxyl groups is 1. The van der Waals surface area contributed by atoms with Crippen LogP contribution in [0.2, 0.25) is 0 Å². The summed E-state index contributed by atoms with van der Waals surface area (Å²) < 4.78 is 25.2. The molecular formula is C11H15LiN2O7S. The number of nitrogens with zero attached hydrogens (tertiary/aromatic N) is 2. The second-order valence-electron chi connectivity index (χ2n) is 4.26. The zero-order valence-electron chi connectivity index (χ0n) is 13.0. The Bertz CT molecular complexity index is 656. The predicted molar refractivity (Wildman–Crippen MR) is 72.3 cm³/mol. The van der Waals surface area contributed by atoms with Gasteiger partial charge in [-0.15, -0.1) is 0 Å². The van der Waals surface area contributed by atoms with Gasteiger partial charge in [0.05, 0.1) is 17.4 Å². The third-order valence-electron chi connectivity index (χ3n) is 2.63. The van der Waals surface area contributed by atoms with Crippen LogP contribution in [-0.4, -0.2) is 53.5 Å². The molecule has 0 aromatic heterocycles. The van der Waals surface area contributed by atoms with E-state index in [1.807, 2.05) is 0 Å². The molecule has 0 heterocycles. The number of carbonyl (C=O) groups is 1. The van der Waals surface area contributed by atoms with E-state index in [2.05, 4.69) is 0 Å². The molecule has 1 atom stereocenters. The van der Waals surface area contributed by atoms with Gasteiger partial charge in [0.25, 0.3) is 5.69 Å². The van der Waals surface area contributed by atoms with Crippen molar-refractivity contribution in [2.75, 3.05) is 13.6 Å². The van der Waals surface area contributed by atoms with E-state index in [4.69, 9.17) is 5.11 Å². The maximum absolute atomic E-state index is 12.2. The minimum atomic E-state index is -4.21. The van der Waals surface area contributed by atoms with Gasteiger partial charge in [-0.1, -0.05) is 12.1 Å². The fourth-order valence-electron chi connectivity index (χ4n) is 1.66. The van der Waals surface area contributed by atoms with E-state index in [1.165, 1.54) is 12.1 Å². The Morgan fingerprint density at radius 2 is 2.00 bits per heavy atom. The molecule has 0 amide bonds. The number of benzene rings is 1. The minimum Gasteiger partial charge on any atom is -1.00 e. The second-order valence-corrected chi connectivity index (χ2v) is 6.28. The number of nitro benzene ring substituents is 1. The van der Waals surface area contributed by atoms with E-state index in [9.17, 15) is 28.4 Å². The van der Waals surface area contributed by atoms with Crippen molar-refractivity contribution in [3.05, 3.63) is 34.4 Å². The van der Waals surface area contributed by atoms with Crippen LogP contribution in [0.5, 0.6) is 0 Å². The first-order valence-electron chi connectivity index (χ1n) is 5.76. The van der Waals surface area contributed by atoms with E-state index in [-0.39, 0.29) is 20.3 Å². The van der Waals surface area contributed by atoms with Crippen LogP contribution in [-0.2, 0) is 14.8 Å². The maximum Gasteiger partial charge on any atom is 1.00 e. The average molecular weight is 326 g/mol. The molecule has 1 aromatic rings. The number of carboxylic acids is 1. The molecule has 1 rings (SSSR count). The van der Waals surface area contributed by atoms with Crippen LogP contribution in [0.25, 0.3) is 0 Å². The maximum atomic E-state index is 12.2. The van der Waals surface area contributed by atoms with E-state index in [0.29, 0.717) is 4.31 Å². The SMILES string of the molecule is CN(CC(O)CC(=O)O)S(=O)(=O)c1ccccc1[N+](=O)[O-].[H-].[Li+]. The number of carboxylic acid groups (broad SMARTS) is 1. The normalized spacial score (nSPS) is 12.5. The Kier molecular flexibility index (Phi) is 7.72. The molecule has 0 fully saturated rings. The summed E-state index contributed by atoms with van der Waals surface area (Å²) in [4.78, 5) is 20.0. The molecule has 1 unspecified atom stereocenters. The smallest absolute Gasteiger partial charge is 1.00 e. The van der Waals surface area contributed by atoms with Crippen molar-refractivity contribution >= 4 is 21.7 Å². The van der Waals surface area contributed by atoms with Gasteiger partial charge < -0.3 is 11.6 Å². The van der Waals surface area contributed by atoms with Crippen LogP contribution < -0.4 is 18.9 Å². The summed E-state index contributed by atoms with van der Waals surface area (Å²) in [6.07, 6.45) is -2.04. The molecule has 22 heavy (non-hydrogen) atoms. The summed E-state index contributed by atoms with van der Waals surface area (Å²) in [5, 5.41) is 28.8. The van der Waals surface area contributed by atoms with Crippen molar-refractivity contribution in [2.24, 2.45) is 0 Å². The first-order chi connectivity index (χ1) is 9.66. The van der Waals surface area contributed by atoms with Gasteiger partial charge in [0, 0.05) is 19.7 Å². The van der Waals surface area contributed by atoms with Crippen molar-refractivity contribution in [3.8, 4) is 0 Å². The number of hydrogen-bond acceptors (Lipinski definition) is 6. The molecular weight excluding hydrogens is 311 g/mol. The van der Waals surface area contributed by atoms with Gasteiger partial charge in [-0.3, -0.25) is 14.9 Å². The summed E-state index contributed by atoms with van der Waals surface area (Å²) in [7, 11) is -3.10. The topological polar surface area (TPSA) is 138 Å². The molecule has 0 saturated carbocycles. The van der Waals surface area contributed by atoms with Crippen molar-refractivity contribution in [1.29, 1.82) is 0 Å². The summed E-state index contributed by atoms with van der Waals surface area (Å²) in [5.74, 6) is -1.28. The molecule has 9 nitrogen and oxygen atoms in total. The Morgan fingerprint density at radius 1 is 1.45 bits per heavy atom. The zero-order valence-corrected chi connectivity index (χ0v) is 12.9. The monoisotopic (exact) mass is 326 g/mol. The third kappa shape index (κ3) is 5.08. The first kappa shape index (κ1) is 20.6. The summed E-state index contributed by atoms with van der Waals surface area (Å²) >= 11 is 0. The number of aliphatic hydroxyl groups excluding tert-OH is 1. The molecule has 0 aliphatic carbocycles. The van der Waals surface area contributed by atoms with Crippen molar-refractivity contribution in [2.45, 2.75) is 17.4 Å². The second kappa shape index (κ2) is 8.26. The Labute approximate surface area is 140 Å². The van der Waals surface area contributed by atoms with E-state index in [0.717, 1.165) is 19.2 Å². The predicted octanol–water partition coefficient (Wildman–Crippen LogP) is -2.83. The summed E-state index contributed by atoms with van der Waals surface area (Å²) in [5.41, 5.74) is -0.586. The number of rotatable bonds is 7. The van der Waals surface area contributed by atoms with E-state index >= 15 is 0 Å². The number of hydrogen-bond donors (Lipinski definition) is 2. The molecule has 0 spiro atoms. The number of nitro groups is 1. The van der Waals surface area contributed by atoms with Crippen molar-refractivity contribution in [3.63, 3.8) is 0 Å². The molecule has 2 N–H and O–H groups in total. The molecule has 0 radical (unpaired) electrons. The molecule has 11 heteroatoms. The summed E-state index contributed by atoms with van der Waals surface area (Å²) in [6, 6.07) is 4.79. The van der Waals surface area contributed by atoms with Crippen LogP contribution in [0.3, 0.4) is 0 Å². The van der Waals surface area contributed by atoms with Crippen LogP contribution in [0.4, 0.5) is 5.69 Å². The van der Waals surface area contributed by atoms with Crippen molar-refractivity contribution in [1.82, 2.24) is 4.31 Å².